The zero-order valence-electron chi connectivity index (χ0n) is 10.9. The van der Waals surface area contributed by atoms with Crippen molar-refractivity contribution in [3.8, 4) is 5.75 Å². The average molecular weight is 261 g/mol. The third-order valence-electron chi connectivity index (χ3n) is 3.00. The van der Waals surface area contributed by atoms with Crippen LogP contribution < -0.4 is 10.1 Å². The van der Waals surface area contributed by atoms with Crippen LogP contribution in [0.15, 0.2) is 36.9 Å². The SMILES string of the molecule is C=CCOc1ccc(C(=O)NC[C@H]2CCCO2)cc1. The lowest BCUT2D eigenvalue weighted by molar-refractivity contribution is 0.0858. The van der Waals surface area contributed by atoms with Crippen molar-refractivity contribution in [2.24, 2.45) is 0 Å². The molecule has 0 unspecified atom stereocenters. The lowest BCUT2D eigenvalue weighted by atomic mass is 10.2. The van der Waals surface area contributed by atoms with E-state index in [2.05, 4.69) is 11.9 Å². The van der Waals surface area contributed by atoms with Crippen LogP contribution in [-0.4, -0.2) is 31.8 Å². The second-order valence-electron chi connectivity index (χ2n) is 4.47. The Bertz CT molecular complexity index is 422. The molecule has 0 radical (unpaired) electrons. The van der Waals surface area contributed by atoms with E-state index in [1.54, 1.807) is 30.3 Å². The summed E-state index contributed by atoms with van der Waals surface area (Å²) in [6, 6.07) is 7.07. The Balaban J connectivity index is 1.82. The summed E-state index contributed by atoms with van der Waals surface area (Å²) in [5, 5.41) is 2.88. The summed E-state index contributed by atoms with van der Waals surface area (Å²) in [6.07, 6.45) is 3.95. The van der Waals surface area contributed by atoms with E-state index in [1.165, 1.54) is 0 Å². The second-order valence-corrected chi connectivity index (χ2v) is 4.47. The number of carbonyl (C=O) groups excluding carboxylic acids is 1. The van der Waals surface area contributed by atoms with Gasteiger partial charge in [-0.1, -0.05) is 12.7 Å². The van der Waals surface area contributed by atoms with E-state index in [0.29, 0.717) is 18.7 Å². The molecule has 1 fully saturated rings. The van der Waals surface area contributed by atoms with Crippen molar-refractivity contribution >= 4 is 5.91 Å². The monoisotopic (exact) mass is 261 g/mol. The molecule has 1 atom stereocenters. The van der Waals surface area contributed by atoms with E-state index in [0.717, 1.165) is 25.2 Å². The molecule has 0 spiro atoms. The first-order chi connectivity index (χ1) is 9.29. The van der Waals surface area contributed by atoms with Gasteiger partial charge in [0.1, 0.15) is 12.4 Å². The summed E-state index contributed by atoms with van der Waals surface area (Å²) in [5.74, 6) is 0.654. The van der Waals surface area contributed by atoms with Crippen LogP contribution in [0, 0.1) is 0 Å². The van der Waals surface area contributed by atoms with Gasteiger partial charge in [0.2, 0.25) is 0 Å². The molecule has 4 nitrogen and oxygen atoms in total. The molecule has 1 amide bonds. The topological polar surface area (TPSA) is 47.6 Å². The highest BCUT2D eigenvalue weighted by atomic mass is 16.5. The van der Waals surface area contributed by atoms with Crippen molar-refractivity contribution in [3.05, 3.63) is 42.5 Å². The third kappa shape index (κ3) is 4.10. The molecule has 0 saturated carbocycles. The molecule has 1 aromatic carbocycles. The van der Waals surface area contributed by atoms with Crippen LogP contribution in [0.5, 0.6) is 5.75 Å². The normalized spacial score (nSPS) is 18.0. The predicted octanol–water partition coefficient (Wildman–Crippen LogP) is 2.16. The van der Waals surface area contributed by atoms with E-state index in [9.17, 15) is 4.79 Å². The van der Waals surface area contributed by atoms with Crippen LogP contribution >= 0.6 is 0 Å². The van der Waals surface area contributed by atoms with Crippen LogP contribution in [0.25, 0.3) is 0 Å². The smallest absolute Gasteiger partial charge is 0.251 e. The van der Waals surface area contributed by atoms with Crippen molar-refractivity contribution in [2.45, 2.75) is 18.9 Å². The minimum absolute atomic E-state index is 0.0780. The molecular formula is C15H19NO3. The zero-order chi connectivity index (χ0) is 13.5. The summed E-state index contributed by atoms with van der Waals surface area (Å²) in [4.78, 5) is 11.9. The fraction of sp³-hybridized carbons (Fsp3) is 0.400. The molecule has 1 saturated heterocycles. The van der Waals surface area contributed by atoms with Crippen LogP contribution in [0.3, 0.4) is 0 Å². The number of amides is 1. The van der Waals surface area contributed by atoms with Crippen LogP contribution in [-0.2, 0) is 4.74 Å². The van der Waals surface area contributed by atoms with E-state index in [4.69, 9.17) is 9.47 Å². The van der Waals surface area contributed by atoms with Crippen molar-refractivity contribution in [3.63, 3.8) is 0 Å². The number of benzene rings is 1. The van der Waals surface area contributed by atoms with Crippen molar-refractivity contribution < 1.29 is 14.3 Å². The van der Waals surface area contributed by atoms with Gasteiger partial charge in [0.25, 0.3) is 5.91 Å². The zero-order valence-corrected chi connectivity index (χ0v) is 10.9. The highest BCUT2D eigenvalue weighted by Gasteiger charge is 2.16. The second kappa shape index (κ2) is 6.95. The number of ether oxygens (including phenoxy) is 2. The van der Waals surface area contributed by atoms with Gasteiger partial charge in [-0.05, 0) is 37.1 Å². The number of hydrogen-bond donors (Lipinski definition) is 1. The van der Waals surface area contributed by atoms with E-state index < -0.39 is 0 Å². The Morgan fingerprint density at radius 1 is 1.47 bits per heavy atom. The average Bonchev–Trinajstić information content (AvgIpc) is 2.96. The number of hydrogen-bond acceptors (Lipinski definition) is 3. The Morgan fingerprint density at radius 2 is 2.26 bits per heavy atom. The van der Waals surface area contributed by atoms with Gasteiger partial charge in [0, 0.05) is 18.7 Å². The molecule has 0 bridgehead atoms. The minimum atomic E-state index is -0.0780. The van der Waals surface area contributed by atoms with Gasteiger partial charge in [0.05, 0.1) is 6.10 Å². The van der Waals surface area contributed by atoms with E-state index in [-0.39, 0.29) is 12.0 Å². The maximum atomic E-state index is 11.9. The van der Waals surface area contributed by atoms with E-state index >= 15 is 0 Å². The largest absolute Gasteiger partial charge is 0.490 e. The Labute approximate surface area is 113 Å². The molecule has 1 heterocycles. The van der Waals surface area contributed by atoms with Gasteiger partial charge in [-0.25, -0.2) is 0 Å². The first-order valence-electron chi connectivity index (χ1n) is 6.53. The molecule has 4 heteroatoms. The predicted molar refractivity (Wildman–Crippen MR) is 73.4 cm³/mol. The standard InChI is InChI=1S/C15H19NO3/c1-2-9-18-13-7-5-12(6-8-13)15(17)16-11-14-4-3-10-19-14/h2,5-8,14H,1,3-4,9-11H2,(H,16,17)/t14-/m1/s1. The summed E-state index contributed by atoms with van der Waals surface area (Å²) in [5.41, 5.74) is 0.629. The third-order valence-corrected chi connectivity index (χ3v) is 3.00. The molecule has 0 aromatic heterocycles. The first-order valence-corrected chi connectivity index (χ1v) is 6.53. The van der Waals surface area contributed by atoms with E-state index in [1.807, 2.05) is 0 Å². The van der Waals surface area contributed by atoms with Crippen molar-refractivity contribution in [1.29, 1.82) is 0 Å². The molecule has 1 aliphatic rings. The molecule has 0 aliphatic carbocycles. The summed E-state index contributed by atoms with van der Waals surface area (Å²) >= 11 is 0. The van der Waals surface area contributed by atoms with Gasteiger partial charge in [-0.2, -0.15) is 0 Å². The molecular weight excluding hydrogens is 242 g/mol. The Hall–Kier alpha value is -1.81. The van der Waals surface area contributed by atoms with Crippen LogP contribution in [0.4, 0.5) is 0 Å². The van der Waals surface area contributed by atoms with Gasteiger partial charge in [0.15, 0.2) is 0 Å². The maximum Gasteiger partial charge on any atom is 0.251 e. The Morgan fingerprint density at radius 3 is 2.89 bits per heavy atom. The number of carbonyl (C=O) groups is 1. The van der Waals surface area contributed by atoms with Crippen LogP contribution in [0.2, 0.25) is 0 Å². The maximum absolute atomic E-state index is 11.9. The molecule has 19 heavy (non-hydrogen) atoms. The summed E-state index contributed by atoms with van der Waals surface area (Å²) in [7, 11) is 0. The van der Waals surface area contributed by atoms with Crippen molar-refractivity contribution in [1.82, 2.24) is 5.32 Å². The summed E-state index contributed by atoms with van der Waals surface area (Å²) in [6.45, 7) is 5.42. The van der Waals surface area contributed by atoms with Crippen LogP contribution in [0.1, 0.15) is 23.2 Å². The Kier molecular flexibility index (Phi) is 4.98. The molecule has 1 aliphatic heterocycles. The van der Waals surface area contributed by atoms with Crippen molar-refractivity contribution in [2.75, 3.05) is 19.8 Å². The lowest BCUT2D eigenvalue weighted by Gasteiger charge is -2.11. The number of nitrogens with one attached hydrogen (secondary N) is 1. The highest BCUT2D eigenvalue weighted by Crippen LogP contribution is 2.13. The molecule has 1 N–H and O–H groups in total. The first kappa shape index (κ1) is 13.6. The minimum Gasteiger partial charge on any atom is -0.490 e. The fourth-order valence-electron chi connectivity index (χ4n) is 1.97. The lowest BCUT2D eigenvalue weighted by Crippen LogP contribution is -2.31. The molecule has 102 valence electrons. The van der Waals surface area contributed by atoms with Gasteiger partial charge in [-0.15, -0.1) is 0 Å². The highest BCUT2D eigenvalue weighted by molar-refractivity contribution is 5.94. The quantitative estimate of drug-likeness (QED) is 0.798. The fourth-order valence-corrected chi connectivity index (χ4v) is 1.97. The summed E-state index contributed by atoms with van der Waals surface area (Å²) < 4.78 is 10.8. The number of rotatable bonds is 6. The van der Waals surface area contributed by atoms with Gasteiger partial charge >= 0.3 is 0 Å². The van der Waals surface area contributed by atoms with Gasteiger partial charge in [-0.3, -0.25) is 4.79 Å². The molecule has 1 aromatic rings. The molecule has 2 rings (SSSR count). The van der Waals surface area contributed by atoms with Gasteiger partial charge < -0.3 is 14.8 Å².